The van der Waals surface area contributed by atoms with Crippen LogP contribution in [-0.2, 0) is 14.3 Å². The molecule has 0 aromatic heterocycles. The molecule has 0 N–H and O–H groups in total. The van der Waals surface area contributed by atoms with Crippen LogP contribution in [0.2, 0.25) is 0 Å². The van der Waals surface area contributed by atoms with Crippen molar-refractivity contribution in [2.45, 2.75) is 25.7 Å². The van der Waals surface area contributed by atoms with E-state index in [0.717, 1.165) is 5.56 Å². The summed E-state index contributed by atoms with van der Waals surface area (Å²) >= 11 is 0. The third-order valence-corrected chi connectivity index (χ3v) is 2.55. The second-order valence-corrected chi connectivity index (χ2v) is 3.59. The molecule has 0 aliphatic carbocycles. The fraction of sp³-hybridized carbons (Fsp3) is 0.385. The number of methoxy groups -OCH3 is 1. The van der Waals surface area contributed by atoms with Crippen molar-refractivity contribution in [1.82, 2.24) is 0 Å². The summed E-state index contributed by atoms with van der Waals surface area (Å²) in [5.74, 6) is -0.764. The zero-order valence-electron chi connectivity index (χ0n) is 9.60. The minimum absolute atomic E-state index is 0.0828. The van der Waals surface area contributed by atoms with E-state index in [-0.39, 0.29) is 18.1 Å². The molecule has 0 fully saturated rings. The second-order valence-electron chi connectivity index (χ2n) is 3.59. The molecule has 0 saturated carbocycles. The van der Waals surface area contributed by atoms with Crippen molar-refractivity contribution in [3.05, 3.63) is 35.9 Å². The first-order valence-electron chi connectivity index (χ1n) is 5.33. The van der Waals surface area contributed by atoms with Gasteiger partial charge in [-0.25, -0.2) is 0 Å². The SMILES string of the molecule is CCC(C(=O)CC(=O)OC)c1ccccc1. The summed E-state index contributed by atoms with van der Waals surface area (Å²) in [6.07, 6.45) is 0.545. The molecule has 1 rings (SSSR count). The highest BCUT2D eigenvalue weighted by Crippen LogP contribution is 2.21. The van der Waals surface area contributed by atoms with Crippen LogP contribution >= 0.6 is 0 Å². The Hall–Kier alpha value is -1.64. The van der Waals surface area contributed by atoms with Crippen molar-refractivity contribution in [3.8, 4) is 0 Å². The Kier molecular flexibility index (Phi) is 4.70. The number of benzene rings is 1. The summed E-state index contributed by atoms with van der Waals surface area (Å²) in [5.41, 5.74) is 0.957. The van der Waals surface area contributed by atoms with E-state index in [4.69, 9.17) is 0 Å². The van der Waals surface area contributed by atoms with Crippen LogP contribution in [-0.4, -0.2) is 18.9 Å². The maximum absolute atomic E-state index is 11.8. The van der Waals surface area contributed by atoms with Crippen molar-refractivity contribution in [1.29, 1.82) is 0 Å². The number of esters is 1. The molecule has 3 heteroatoms. The smallest absolute Gasteiger partial charge is 0.313 e. The summed E-state index contributed by atoms with van der Waals surface area (Å²) in [4.78, 5) is 22.9. The highest BCUT2D eigenvalue weighted by atomic mass is 16.5. The average molecular weight is 220 g/mol. The number of hydrogen-bond acceptors (Lipinski definition) is 3. The molecule has 0 aliphatic rings. The van der Waals surface area contributed by atoms with Gasteiger partial charge >= 0.3 is 5.97 Å². The molecule has 16 heavy (non-hydrogen) atoms. The number of rotatable bonds is 5. The van der Waals surface area contributed by atoms with Gasteiger partial charge in [0.25, 0.3) is 0 Å². The van der Waals surface area contributed by atoms with Gasteiger partial charge in [0, 0.05) is 5.92 Å². The monoisotopic (exact) mass is 220 g/mol. The number of carbonyl (C=O) groups excluding carboxylic acids is 2. The molecule has 1 aromatic rings. The fourth-order valence-electron chi connectivity index (χ4n) is 1.67. The Morgan fingerprint density at radius 3 is 2.38 bits per heavy atom. The maximum atomic E-state index is 11.8. The van der Waals surface area contributed by atoms with Crippen LogP contribution in [0.25, 0.3) is 0 Å². The van der Waals surface area contributed by atoms with Gasteiger partial charge in [0.1, 0.15) is 6.42 Å². The van der Waals surface area contributed by atoms with Crippen molar-refractivity contribution in [2.24, 2.45) is 0 Å². The van der Waals surface area contributed by atoms with E-state index in [1.807, 2.05) is 37.3 Å². The van der Waals surface area contributed by atoms with Crippen molar-refractivity contribution in [3.63, 3.8) is 0 Å². The Bertz CT molecular complexity index is 357. The lowest BCUT2D eigenvalue weighted by Gasteiger charge is -2.13. The Labute approximate surface area is 95.4 Å². The Morgan fingerprint density at radius 2 is 1.88 bits per heavy atom. The lowest BCUT2D eigenvalue weighted by Crippen LogP contribution is -2.16. The maximum Gasteiger partial charge on any atom is 0.313 e. The molecule has 0 amide bonds. The average Bonchev–Trinajstić information content (AvgIpc) is 2.31. The van der Waals surface area contributed by atoms with E-state index < -0.39 is 5.97 Å². The topological polar surface area (TPSA) is 43.4 Å². The first-order chi connectivity index (χ1) is 7.69. The first kappa shape index (κ1) is 12.4. The molecule has 0 heterocycles. The number of Topliss-reactive ketones (excluding diaryl/α,β-unsaturated/α-hetero) is 1. The molecular formula is C13H16O3. The van der Waals surface area contributed by atoms with Crippen LogP contribution in [0, 0.1) is 0 Å². The quantitative estimate of drug-likeness (QED) is 0.565. The molecule has 1 unspecified atom stereocenters. The zero-order chi connectivity index (χ0) is 12.0. The van der Waals surface area contributed by atoms with Crippen LogP contribution in [0.3, 0.4) is 0 Å². The van der Waals surface area contributed by atoms with E-state index in [9.17, 15) is 9.59 Å². The van der Waals surface area contributed by atoms with Crippen LogP contribution in [0.1, 0.15) is 31.2 Å². The van der Waals surface area contributed by atoms with E-state index in [2.05, 4.69) is 4.74 Å². The minimum Gasteiger partial charge on any atom is -0.469 e. The molecule has 1 aromatic carbocycles. The number of carbonyl (C=O) groups is 2. The number of hydrogen-bond donors (Lipinski definition) is 0. The molecule has 0 bridgehead atoms. The summed E-state index contributed by atoms with van der Waals surface area (Å²) < 4.78 is 4.49. The highest BCUT2D eigenvalue weighted by Gasteiger charge is 2.21. The normalized spacial score (nSPS) is 11.9. The van der Waals surface area contributed by atoms with E-state index in [1.165, 1.54) is 7.11 Å². The summed E-state index contributed by atoms with van der Waals surface area (Å²) in [7, 11) is 1.29. The summed E-state index contributed by atoms with van der Waals surface area (Å²) in [6, 6.07) is 9.50. The van der Waals surface area contributed by atoms with Gasteiger partial charge in [0.05, 0.1) is 7.11 Å². The fourth-order valence-corrected chi connectivity index (χ4v) is 1.67. The van der Waals surface area contributed by atoms with Gasteiger partial charge in [-0.3, -0.25) is 9.59 Å². The molecule has 0 spiro atoms. The molecule has 0 radical (unpaired) electrons. The summed E-state index contributed by atoms with van der Waals surface area (Å²) in [5, 5.41) is 0. The van der Waals surface area contributed by atoms with Crippen LogP contribution < -0.4 is 0 Å². The van der Waals surface area contributed by atoms with Crippen molar-refractivity contribution >= 4 is 11.8 Å². The molecular weight excluding hydrogens is 204 g/mol. The van der Waals surface area contributed by atoms with Crippen molar-refractivity contribution in [2.75, 3.05) is 7.11 Å². The standard InChI is InChI=1S/C13H16O3/c1-3-11(10-7-5-4-6-8-10)12(14)9-13(15)16-2/h4-8,11H,3,9H2,1-2H3. The van der Waals surface area contributed by atoms with Gasteiger partial charge in [0.2, 0.25) is 0 Å². The number of ether oxygens (including phenoxy) is 1. The Balaban J connectivity index is 2.75. The number of ketones is 1. The van der Waals surface area contributed by atoms with Gasteiger partial charge < -0.3 is 4.74 Å². The predicted octanol–water partition coefficient (Wildman–Crippen LogP) is 2.31. The van der Waals surface area contributed by atoms with E-state index in [0.29, 0.717) is 6.42 Å². The molecule has 1 atom stereocenters. The van der Waals surface area contributed by atoms with Gasteiger partial charge in [-0.1, -0.05) is 37.3 Å². The molecule has 0 saturated heterocycles. The first-order valence-corrected chi connectivity index (χ1v) is 5.33. The predicted molar refractivity (Wildman–Crippen MR) is 61.1 cm³/mol. The molecule has 0 aliphatic heterocycles. The van der Waals surface area contributed by atoms with E-state index in [1.54, 1.807) is 0 Å². The van der Waals surface area contributed by atoms with E-state index >= 15 is 0 Å². The van der Waals surface area contributed by atoms with Gasteiger partial charge in [-0.05, 0) is 12.0 Å². The van der Waals surface area contributed by atoms with Gasteiger partial charge in [0.15, 0.2) is 5.78 Å². The third kappa shape index (κ3) is 3.19. The lowest BCUT2D eigenvalue weighted by atomic mass is 9.91. The Morgan fingerprint density at radius 1 is 1.25 bits per heavy atom. The van der Waals surface area contributed by atoms with Crippen LogP contribution in [0.4, 0.5) is 0 Å². The van der Waals surface area contributed by atoms with Gasteiger partial charge in [-0.2, -0.15) is 0 Å². The van der Waals surface area contributed by atoms with Crippen molar-refractivity contribution < 1.29 is 14.3 Å². The largest absolute Gasteiger partial charge is 0.469 e. The van der Waals surface area contributed by atoms with Crippen LogP contribution in [0.15, 0.2) is 30.3 Å². The van der Waals surface area contributed by atoms with Gasteiger partial charge in [-0.15, -0.1) is 0 Å². The highest BCUT2D eigenvalue weighted by molar-refractivity contribution is 5.99. The zero-order valence-corrected chi connectivity index (χ0v) is 9.60. The lowest BCUT2D eigenvalue weighted by molar-refractivity contribution is -0.143. The van der Waals surface area contributed by atoms with Crippen LogP contribution in [0.5, 0.6) is 0 Å². The second kappa shape index (κ2) is 6.05. The molecule has 3 nitrogen and oxygen atoms in total. The third-order valence-electron chi connectivity index (χ3n) is 2.55. The molecule has 86 valence electrons. The summed E-state index contributed by atoms with van der Waals surface area (Å²) in [6.45, 7) is 1.94. The minimum atomic E-state index is -0.473.